The minimum absolute atomic E-state index is 0.471. The quantitative estimate of drug-likeness (QED) is 0.525. The number of fused-ring (bicyclic) bond motifs is 1. The largest absolute Gasteiger partial charge is 0.320 e. The van der Waals surface area contributed by atoms with Crippen LogP contribution in [0.15, 0.2) is 28.9 Å². The molecule has 0 fully saturated rings. The molecule has 0 spiro atoms. The fourth-order valence-electron chi connectivity index (χ4n) is 1.01. The molecule has 0 radical (unpaired) electrons. The average Bonchev–Trinajstić information content (AvgIpc) is 2.36. The second kappa shape index (κ2) is 2.16. The second-order valence-corrected chi connectivity index (χ2v) is 3.18. The summed E-state index contributed by atoms with van der Waals surface area (Å²) in [5.74, 6) is 0. The smallest absolute Gasteiger partial charge is 0.172 e. The Morgan fingerprint density at radius 3 is 3.40 bits per heavy atom. The van der Waals surface area contributed by atoms with E-state index in [4.69, 9.17) is 0 Å². The second-order valence-electron chi connectivity index (χ2n) is 2.30. The van der Waals surface area contributed by atoms with Crippen molar-refractivity contribution in [3.63, 3.8) is 0 Å². The number of hydrogen-bond donors (Lipinski definition) is 0. The van der Waals surface area contributed by atoms with E-state index in [0.29, 0.717) is 6.04 Å². The van der Waals surface area contributed by atoms with Crippen molar-refractivity contribution < 1.29 is 0 Å². The van der Waals surface area contributed by atoms with Crippen LogP contribution in [0.5, 0.6) is 0 Å². The third-order valence-electron chi connectivity index (χ3n) is 1.60. The van der Waals surface area contributed by atoms with Crippen molar-refractivity contribution >= 4 is 16.9 Å². The van der Waals surface area contributed by atoms with Crippen LogP contribution >= 0.6 is 11.8 Å². The van der Waals surface area contributed by atoms with Gasteiger partial charge >= 0.3 is 0 Å². The molecule has 2 heterocycles. The van der Waals surface area contributed by atoms with Crippen molar-refractivity contribution in [1.82, 2.24) is 4.90 Å². The van der Waals surface area contributed by atoms with Gasteiger partial charge in [-0.2, -0.15) is 0 Å². The van der Waals surface area contributed by atoms with E-state index in [2.05, 4.69) is 34.5 Å². The van der Waals surface area contributed by atoms with Gasteiger partial charge in [0.25, 0.3) is 0 Å². The highest BCUT2D eigenvalue weighted by atomic mass is 32.2. The Morgan fingerprint density at radius 1 is 1.70 bits per heavy atom. The van der Waals surface area contributed by atoms with Gasteiger partial charge in [0.2, 0.25) is 0 Å². The maximum absolute atomic E-state index is 4.20. The van der Waals surface area contributed by atoms with E-state index in [1.165, 1.54) is 0 Å². The zero-order valence-electron chi connectivity index (χ0n) is 5.69. The molecule has 0 aliphatic carbocycles. The first-order valence-electron chi connectivity index (χ1n) is 3.24. The fraction of sp³-hybridized carbons (Fsp3) is 0.286. The summed E-state index contributed by atoms with van der Waals surface area (Å²) in [7, 11) is 0. The van der Waals surface area contributed by atoms with Crippen LogP contribution in [0, 0.1) is 0 Å². The summed E-state index contributed by atoms with van der Waals surface area (Å²) in [5.41, 5.74) is 0. The van der Waals surface area contributed by atoms with E-state index in [1.807, 2.05) is 6.20 Å². The highest BCUT2D eigenvalue weighted by molar-refractivity contribution is 8.16. The summed E-state index contributed by atoms with van der Waals surface area (Å²) in [6.07, 6.45) is 6.02. The van der Waals surface area contributed by atoms with Gasteiger partial charge in [0.1, 0.15) is 0 Å². The van der Waals surface area contributed by atoms with Crippen molar-refractivity contribution in [3.05, 3.63) is 23.9 Å². The van der Waals surface area contributed by atoms with Gasteiger partial charge in [0.15, 0.2) is 5.17 Å². The number of aliphatic imine (C=N–C) groups is 1. The molecule has 0 saturated carbocycles. The number of rotatable bonds is 0. The lowest BCUT2D eigenvalue weighted by Crippen LogP contribution is -2.29. The predicted octanol–water partition coefficient (Wildman–Crippen LogP) is 1.78. The van der Waals surface area contributed by atoms with Gasteiger partial charge in [0.05, 0.1) is 6.04 Å². The van der Waals surface area contributed by atoms with Crippen LogP contribution < -0.4 is 0 Å². The van der Waals surface area contributed by atoms with E-state index < -0.39 is 0 Å². The Kier molecular flexibility index (Phi) is 1.31. The molecule has 2 nitrogen and oxygen atoms in total. The Hall–Kier alpha value is -0.700. The zero-order chi connectivity index (χ0) is 6.97. The maximum atomic E-state index is 4.20. The number of nitrogens with zero attached hydrogens (tertiary/aromatic N) is 2. The highest BCUT2D eigenvalue weighted by Crippen LogP contribution is 2.24. The van der Waals surface area contributed by atoms with Crippen molar-refractivity contribution in [2.75, 3.05) is 0 Å². The highest BCUT2D eigenvalue weighted by Gasteiger charge is 2.19. The Bertz CT molecular complexity index is 230. The minimum atomic E-state index is 0.471. The molecule has 0 amide bonds. The number of thioether (sulfide) groups is 1. The van der Waals surface area contributed by atoms with Gasteiger partial charge in [-0.15, -0.1) is 0 Å². The Morgan fingerprint density at radius 2 is 2.60 bits per heavy atom. The molecule has 0 aromatic carbocycles. The van der Waals surface area contributed by atoms with Gasteiger partial charge in [-0.1, -0.05) is 11.8 Å². The molecule has 0 bridgehead atoms. The molecule has 3 heteroatoms. The Balaban J connectivity index is 2.31. The first-order chi connectivity index (χ1) is 4.88. The van der Waals surface area contributed by atoms with E-state index in [1.54, 1.807) is 11.8 Å². The molecule has 2 rings (SSSR count). The lowest BCUT2D eigenvalue weighted by atomic mass is 10.3. The van der Waals surface area contributed by atoms with Crippen LogP contribution in [0.3, 0.4) is 0 Å². The topological polar surface area (TPSA) is 15.6 Å². The molecule has 1 unspecified atom stereocenters. The molecule has 10 heavy (non-hydrogen) atoms. The average molecular weight is 152 g/mol. The molecule has 0 N–H and O–H groups in total. The summed E-state index contributed by atoms with van der Waals surface area (Å²) in [6, 6.07) is 0.471. The standard InChI is InChI=1S/C7H8N2S/c1-6-2-3-8-7-9(6)4-5-10-7/h2-6H,1H3. The normalized spacial score (nSPS) is 28.7. The first-order valence-corrected chi connectivity index (χ1v) is 4.12. The fourth-order valence-corrected chi connectivity index (χ4v) is 1.80. The molecule has 2 aliphatic heterocycles. The SMILES string of the molecule is CC1C=CN=C2SC=CN21. The minimum Gasteiger partial charge on any atom is -0.320 e. The number of hydrogen-bond acceptors (Lipinski definition) is 3. The van der Waals surface area contributed by atoms with Gasteiger partial charge in [-0.05, 0) is 18.4 Å². The lowest BCUT2D eigenvalue weighted by Gasteiger charge is -2.23. The molecular weight excluding hydrogens is 144 g/mol. The van der Waals surface area contributed by atoms with E-state index in [9.17, 15) is 0 Å². The zero-order valence-corrected chi connectivity index (χ0v) is 6.51. The van der Waals surface area contributed by atoms with E-state index in [-0.39, 0.29) is 0 Å². The first kappa shape index (κ1) is 6.04. The van der Waals surface area contributed by atoms with Crippen molar-refractivity contribution in [2.45, 2.75) is 13.0 Å². The van der Waals surface area contributed by atoms with Crippen LogP contribution in [0.25, 0.3) is 0 Å². The van der Waals surface area contributed by atoms with Gasteiger partial charge in [-0.3, -0.25) is 0 Å². The summed E-state index contributed by atoms with van der Waals surface area (Å²) in [4.78, 5) is 6.36. The molecule has 52 valence electrons. The Labute approximate surface area is 64.3 Å². The van der Waals surface area contributed by atoms with Crippen molar-refractivity contribution in [3.8, 4) is 0 Å². The summed E-state index contributed by atoms with van der Waals surface area (Å²) < 4.78 is 0. The molecule has 1 atom stereocenters. The van der Waals surface area contributed by atoms with Gasteiger partial charge in [-0.25, -0.2) is 4.99 Å². The van der Waals surface area contributed by atoms with Crippen molar-refractivity contribution in [1.29, 1.82) is 0 Å². The molecule has 0 saturated heterocycles. The van der Waals surface area contributed by atoms with Gasteiger partial charge < -0.3 is 4.90 Å². The lowest BCUT2D eigenvalue weighted by molar-refractivity contribution is 0.504. The van der Waals surface area contributed by atoms with E-state index >= 15 is 0 Å². The summed E-state index contributed by atoms with van der Waals surface area (Å²) >= 11 is 1.67. The van der Waals surface area contributed by atoms with Crippen LogP contribution in [0.1, 0.15) is 6.92 Å². The molecular formula is C7H8N2S. The van der Waals surface area contributed by atoms with Crippen molar-refractivity contribution in [2.24, 2.45) is 4.99 Å². The molecule has 2 aliphatic rings. The summed E-state index contributed by atoms with van der Waals surface area (Å²) in [6.45, 7) is 2.15. The monoisotopic (exact) mass is 152 g/mol. The van der Waals surface area contributed by atoms with Gasteiger partial charge in [0, 0.05) is 12.4 Å². The predicted molar refractivity (Wildman–Crippen MR) is 44.6 cm³/mol. The third kappa shape index (κ3) is 0.778. The number of amidine groups is 1. The summed E-state index contributed by atoms with van der Waals surface area (Å²) in [5, 5.41) is 3.15. The molecule has 0 aromatic rings. The van der Waals surface area contributed by atoms with Crippen LogP contribution in [-0.4, -0.2) is 16.1 Å². The molecule has 0 aromatic heterocycles. The maximum Gasteiger partial charge on any atom is 0.172 e. The van der Waals surface area contributed by atoms with Crippen LogP contribution in [0.4, 0.5) is 0 Å². The van der Waals surface area contributed by atoms with E-state index in [0.717, 1.165) is 5.17 Å². The van der Waals surface area contributed by atoms with Crippen LogP contribution in [0.2, 0.25) is 0 Å². The van der Waals surface area contributed by atoms with Crippen LogP contribution in [-0.2, 0) is 0 Å². The third-order valence-corrected chi connectivity index (χ3v) is 2.39.